The van der Waals surface area contributed by atoms with Crippen molar-refractivity contribution in [3.05, 3.63) is 101 Å². The summed E-state index contributed by atoms with van der Waals surface area (Å²) in [6.45, 7) is 0. The Hall–Kier alpha value is -5.45. The normalized spacial score (nSPS) is 10.7. The molecule has 0 saturated heterocycles. The molecule has 0 atom stereocenters. The fraction of sp³-hybridized carbons (Fsp3) is 0.0385. The first-order valence-electron chi connectivity index (χ1n) is 11.1. The van der Waals surface area contributed by atoms with Crippen molar-refractivity contribution in [1.29, 1.82) is 0 Å². The van der Waals surface area contributed by atoms with Gasteiger partial charge in [-0.1, -0.05) is 30.3 Å². The van der Waals surface area contributed by atoms with E-state index >= 15 is 0 Å². The number of nitrogens with zero attached hydrogens (tertiary/aromatic N) is 5. The second-order valence-electron chi connectivity index (χ2n) is 7.89. The number of hydrogen-bond acceptors (Lipinski definition) is 7. The number of ether oxygens (including phenoxy) is 1. The zero-order valence-electron chi connectivity index (χ0n) is 19.5. The van der Waals surface area contributed by atoms with Crippen molar-refractivity contribution in [1.82, 2.24) is 14.6 Å². The van der Waals surface area contributed by atoms with Crippen LogP contribution in [0.4, 0.5) is 33.5 Å². The molecule has 3 aromatic carbocycles. The minimum atomic E-state index is -1.22. The summed E-state index contributed by atoms with van der Waals surface area (Å²) in [5, 5.41) is 29.3. The molecule has 0 fully saturated rings. The van der Waals surface area contributed by atoms with Crippen molar-refractivity contribution in [2.75, 3.05) is 17.3 Å². The smallest absolute Gasteiger partial charge is 0.416 e. The van der Waals surface area contributed by atoms with Gasteiger partial charge in [0.1, 0.15) is 5.75 Å². The molecule has 2 aromatic heterocycles. The molecule has 5 aromatic rings. The lowest BCUT2D eigenvalue weighted by molar-refractivity contribution is -0.384. The molecule has 0 bridgehead atoms. The molecular weight excluding hydrogens is 476 g/mol. The van der Waals surface area contributed by atoms with Crippen molar-refractivity contribution < 1.29 is 19.6 Å². The summed E-state index contributed by atoms with van der Waals surface area (Å²) in [6.07, 6.45) is 0.389. The largest absolute Gasteiger partial charge is 0.495 e. The van der Waals surface area contributed by atoms with Crippen LogP contribution >= 0.6 is 0 Å². The van der Waals surface area contributed by atoms with Crippen molar-refractivity contribution in [2.24, 2.45) is 0 Å². The number of nitro groups is 1. The summed E-state index contributed by atoms with van der Waals surface area (Å²) < 4.78 is 6.84. The summed E-state index contributed by atoms with van der Waals surface area (Å²) >= 11 is 0. The van der Waals surface area contributed by atoms with Crippen LogP contribution in [0.5, 0.6) is 5.75 Å². The fourth-order valence-corrected chi connectivity index (χ4v) is 3.96. The number of methoxy groups -OCH3 is 1. The van der Waals surface area contributed by atoms with Crippen LogP contribution in [0, 0.1) is 10.1 Å². The number of hydrogen-bond donors (Lipinski definition) is 2. The van der Waals surface area contributed by atoms with Crippen LogP contribution in [0.2, 0.25) is 0 Å². The van der Waals surface area contributed by atoms with Gasteiger partial charge in [-0.15, -0.1) is 5.10 Å². The van der Waals surface area contributed by atoms with E-state index in [2.05, 4.69) is 15.4 Å². The highest BCUT2D eigenvalue weighted by Crippen LogP contribution is 2.36. The Labute approximate surface area is 210 Å². The SMILES string of the molecule is COc1ccccc1Nc1nc2ccc(-c3cc(N(C(=O)O)c4ccccc4)ccc3[N+](=O)[O-])cn2n1. The van der Waals surface area contributed by atoms with Gasteiger partial charge in [0, 0.05) is 17.8 Å². The van der Waals surface area contributed by atoms with E-state index in [0.29, 0.717) is 34.3 Å². The standard InChI is InChI=1S/C26H20N6O5/c1-37-23-10-6-5-9-21(23)27-25-28-24-14-11-17(16-30(24)29-25)20-15-19(12-13-22(20)32(35)36)31(26(33)34)18-7-3-2-4-8-18/h2-16H,1H3,(H,27,29)(H,33,34). The van der Waals surface area contributed by atoms with Gasteiger partial charge in [0.05, 0.1) is 34.7 Å². The first-order valence-corrected chi connectivity index (χ1v) is 11.1. The van der Waals surface area contributed by atoms with Gasteiger partial charge in [0.25, 0.3) is 5.69 Å². The molecule has 1 amide bonds. The maximum absolute atomic E-state index is 12.1. The summed E-state index contributed by atoms with van der Waals surface area (Å²) in [4.78, 5) is 28.9. The van der Waals surface area contributed by atoms with Gasteiger partial charge in [-0.05, 0) is 48.5 Å². The monoisotopic (exact) mass is 496 g/mol. The van der Waals surface area contributed by atoms with Gasteiger partial charge < -0.3 is 15.2 Å². The maximum Gasteiger partial charge on any atom is 0.416 e. The van der Waals surface area contributed by atoms with Crippen molar-refractivity contribution in [2.45, 2.75) is 0 Å². The average Bonchev–Trinajstić information content (AvgIpc) is 3.31. The highest BCUT2D eigenvalue weighted by Gasteiger charge is 2.22. The first kappa shape index (κ1) is 23.3. The number of nitro benzene ring substituents is 1. The molecule has 0 unspecified atom stereocenters. The Morgan fingerprint density at radius 1 is 1.03 bits per heavy atom. The van der Waals surface area contributed by atoms with E-state index in [9.17, 15) is 20.0 Å². The molecular formula is C26H20N6O5. The number of fused-ring (bicyclic) bond motifs is 1. The van der Waals surface area contributed by atoms with Crippen LogP contribution in [0.25, 0.3) is 16.8 Å². The lowest BCUT2D eigenvalue weighted by Gasteiger charge is -2.20. The Kier molecular flexibility index (Phi) is 6.08. The van der Waals surface area contributed by atoms with Crippen LogP contribution in [-0.4, -0.2) is 37.8 Å². The Morgan fingerprint density at radius 3 is 2.51 bits per heavy atom. The van der Waals surface area contributed by atoms with E-state index in [-0.39, 0.29) is 16.9 Å². The predicted octanol–water partition coefficient (Wildman–Crippen LogP) is 5.87. The third-order valence-corrected chi connectivity index (χ3v) is 5.64. The number of aromatic nitrogens is 3. The second-order valence-corrected chi connectivity index (χ2v) is 7.89. The van der Waals surface area contributed by atoms with Gasteiger partial charge in [-0.2, -0.15) is 4.98 Å². The van der Waals surface area contributed by atoms with Crippen LogP contribution in [0.1, 0.15) is 0 Å². The number of pyridine rings is 1. The van der Waals surface area contributed by atoms with E-state index in [1.165, 1.54) is 22.7 Å². The van der Waals surface area contributed by atoms with Crippen molar-refractivity contribution >= 4 is 40.4 Å². The molecule has 2 heterocycles. The topological polar surface area (TPSA) is 135 Å². The van der Waals surface area contributed by atoms with Crippen LogP contribution in [0.15, 0.2) is 91.1 Å². The maximum atomic E-state index is 12.1. The molecule has 0 aliphatic carbocycles. The molecule has 11 nitrogen and oxygen atoms in total. The molecule has 0 aliphatic rings. The number of para-hydroxylation sites is 3. The molecule has 2 N–H and O–H groups in total. The minimum absolute atomic E-state index is 0.172. The van der Waals surface area contributed by atoms with E-state index in [0.717, 1.165) is 4.90 Å². The highest BCUT2D eigenvalue weighted by molar-refractivity contribution is 5.96. The number of anilines is 4. The number of benzene rings is 3. The predicted molar refractivity (Wildman–Crippen MR) is 138 cm³/mol. The van der Waals surface area contributed by atoms with Crippen molar-refractivity contribution in [3.8, 4) is 16.9 Å². The van der Waals surface area contributed by atoms with E-state index in [1.54, 1.807) is 61.8 Å². The van der Waals surface area contributed by atoms with Gasteiger partial charge >= 0.3 is 6.09 Å². The van der Waals surface area contributed by atoms with Crippen LogP contribution < -0.4 is 15.0 Å². The average molecular weight is 496 g/mol. The summed E-state index contributed by atoms with van der Waals surface area (Å²) in [5.41, 5.74) is 2.39. The fourth-order valence-electron chi connectivity index (χ4n) is 3.96. The zero-order chi connectivity index (χ0) is 25.9. The lowest BCUT2D eigenvalue weighted by atomic mass is 10.0. The number of nitrogens with one attached hydrogen (secondary N) is 1. The highest BCUT2D eigenvalue weighted by atomic mass is 16.6. The molecule has 0 radical (unpaired) electrons. The van der Waals surface area contributed by atoms with Crippen LogP contribution in [0.3, 0.4) is 0 Å². The third-order valence-electron chi connectivity index (χ3n) is 5.64. The summed E-state index contributed by atoms with van der Waals surface area (Å²) in [5.74, 6) is 0.932. The molecule has 37 heavy (non-hydrogen) atoms. The third kappa shape index (κ3) is 4.60. The molecule has 5 rings (SSSR count). The second kappa shape index (κ2) is 9.66. The Balaban J connectivity index is 1.56. The number of amides is 1. The van der Waals surface area contributed by atoms with Gasteiger partial charge in [-0.3, -0.25) is 10.1 Å². The van der Waals surface area contributed by atoms with E-state index < -0.39 is 11.0 Å². The van der Waals surface area contributed by atoms with Gasteiger partial charge in [-0.25, -0.2) is 14.2 Å². The Bertz CT molecular complexity index is 1620. The molecule has 0 saturated carbocycles. The van der Waals surface area contributed by atoms with E-state index in [4.69, 9.17) is 4.74 Å². The molecule has 0 aliphatic heterocycles. The van der Waals surface area contributed by atoms with E-state index in [1.807, 2.05) is 18.2 Å². The minimum Gasteiger partial charge on any atom is -0.495 e. The van der Waals surface area contributed by atoms with Crippen LogP contribution in [-0.2, 0) is 0 Å². The molecule has 184 valence electrons. The quantitative estimate of drug-likeness (QED) is 0.211. The van der Waals surface area contributed by atoms with Gasteiger partial charge in [0.2, 0.25) is 5.95 Å². The molecule has 11 heteroatoms. The first-order chi connectivity index (χ1) is 17.9. The van der Waals surface area contributed by atoms with Gasteiger partial charge in [0.15, 0.2) is 5.65 Å². The number of rotatable bonds is 7. The zero-order valence-corrected chi connectivity index (χ0v) is 19.5. The lowest BCUT2D eigenvalue weighted by Crippen LogP contribution is -2.23. The Morgan fingerprint density at radius 2 is 1.78 bits per heavy atom. The number of carboxylic acid groups (broad SMARTS) is 1. The van der Waals surface area contributed by atoms with Crippen molar-refractivity contribution in [3.63, 3.8) is 0 Å². The summed E-state index contributed by atoms with van der Waals surface area (Å²) in [6, 6.07) is 23.4. The number of carbonyl (C=O) groups is 1. The summed E-state index contributed by atoms with van der Waals surface area (Å²) in [7, 11) is 1.56. The molecule has 0 spiro atoms.